The van der Waals surface area contributed by atoms with E-state index < -0.39 is 0 Å². The summed E-state index contributed by atoms with van der Waals surface area (Å²) in [4.78, 5) is 9.32. The predicted octanol–water partition coefficient (Wildman–Crippen LogP) is 5.16. The van der Waals surface area contributed by atoms with Crippen LogP contribution < -0.4 is 0 Å². The number of aryl methyl sites for hydroxylation is 1. The first-order valence-corrected chi connectivity index (χ1v) is 10.1. The topological polar surface area (TPSA) is 67.4 Å². The van der Waals surface area contributed by atoms with Gasteiger partial charge in [0.1, 0.15) is 5.69 Å². The fourth-order valence-corrected chi connectivity index (χ4v) is 5.10. The summed E-state index contributed by atoms with van der Waals surface area (Å²) in [6.07, 6.45) is 5.46. The Kier molecular flexibility index (Phi) is 3.39. The molecule has 0 spiro atoms. The summed E-state index contributed by atoms with van der Waals surface area (Å²) < 4.78 is 2.25. The molecule has 140 valence electrons. The molecule has 4 aromatic rings. The monoisotopic (exact) mass is 377 g/mol. The van der Waals surface area contributed by atoms with Crippen LogP contribution in [0.25, 0.3) is 33.4 Å². The Morgan fingerprint density at radius 3 is 2.93 bits per heavy atom. The van der Waals surface area contributed by atoms with E-state index in [1.54, 1.807) is 0 Å². The van der Waals surface area contributed by atoms with Crippen LogP contribution in [0.5, 0.6) is 0 Å². The predicted molar refractivity (Wildman–Crippen MR) is 111 cm³/mol. The van der Waals surface area contributed by atoms with Crippen LogP contribution in [0.4, 0.5) is 0 Å². The molecule has 1 aromatic carbocycles. The van der Waals surface area contributed by atoms with Gasteiger partial charge in [0.25, 0.3) is 0 Å². The van der Waals surface area contributed by atoms with E-state index in [0.29, 0.717) is 17.5 Å². The highest BCUT2D eigenvalue weighted by Crippen LogP contribution is 2.54. The average molecular weight is 377 g/mol. The molecule has 0 saturated heterocycles. The van der Waals surface area contributed by atoms with Gasteiger partial charge in [0.15, 0.2) is 0 Å². The van der Waals surface area contributed by atoms with E-state index in [9.17, 15) is 5.26 Å². The molecular weight excluding hydrogens is 358 g/mol. The molecule has 0 radical (unpaired) electrons. The maximum atomic E-state index is 9.43. The van der Waals surface area contributed by atoms with Crippen molar-refractivity contribution >= 4 is 10.9 Å². The highest BCUT2D eigenvalue weighted by molar-refractivity contribution is 5.99. The van der Waals surface area contributed by atoms with Gasteiger partial charge in [0.05, 0.1) is 34.6 Å². The number of fused-ring (bicyclic) bond motifs is 6. The quantitative estimate of drug-likeness (QED) is 0.484. The molecule has 4 heterocycles. The third-order valence-electron chi connectivity index (χ3n) is 6.36. The lowest BCUT2D eigenvalue weighted by atomic mass is 9.91. The first-order chi connectivity index (χ1) is 14.2. The van der Waals surface area contributed by atoms with E-state index in [2.05, 4.69) is 21.8 Å². The lowest BCUT2D eigenvalue weighted by Crippen LogP contribution is -2.07. The van der Waals surface area contributed by atoms with E-state index in [1.807, 2.05) is 49.5 Å². The second-order valence-corrected chi connectivity index (χ2v) is 8.08. The van der Waals surface area contributed by atoms with Crippen molar-refractivity contribution in [1.29, 1.82) is 5.26 Å². The fraction of sp³-hybridized carbons (Fsp3) is 0.250. The van der Waals surface area contributed by atoms with Crippen molar-refractivity contribution < 1.29 is 0 Å². The van der Waals surface area contributed by atoms with Crippen LogP contribution in [-0.4, -0.2) is 19.7 Å². The summed E-state index contributed by atoms with van der Waals surface area (Å²) in [6, 6.07) is 16.6. The first-order valence-electron chi connectivity index (χ1n) is 10.1. The fourth-order valence-electron chi connectivity index (χ4n) is 5.10. The third kappa shape index (κ3) is 2.35. The summed E-state index contributed by atoms with van der Waals surface area (Å²) >= 11 is 0. The van der Waals surface area contributed by atoms with Gasteiger partial charge in [-0.15, -0.1) is 0 Å². The van der Waals surface area contributed by atoms with Crippen molar-refractivity contribution in [1.82, 2.24) is 19.7 Å². The van der Waals surface area contributed by atoms with Gasteiger partial charge in [0.2, 0.25) is 0 Å². The second-order valence-electron chi connectivity index (χ2n) is 8.08. The van der Waals surface area contributed by atoms with Crippen molar-refractivity contribution in [3.8, 4) is 28.6 Å². The van der Waals surface area contributed by atoms with Crippen LogP contribution in [-0.2, 0) is 0 Å². The molecule has 1 fully saturated rings. The Morgan fingerprint density at radius 2 is 2.07 bits per heavy atom. The smallest absolute Gasteiger partial charge is 0.119 e. The maximum Gasteiger partial charge on any atom is 0.119 e. The van der Waals surface area contributed by atoms with Crippen LogP contribution in [0.15, 0.2) is 48.7 Å². The number of benzene rings is 1. The Morgan fingerprint density at radius 1 is 1.14 bits per heavy atom. The Balaban J connectivity index is 1.70. The van der Waals surface area contributed by atoms with Crippen LogP contribution in [0.2, 0.25) is 0 Å². The van der Waals surface area contributed by atoms with Gasteiger partial charge in [-0.05, 0) is 68.1 Å². The van der Waals surface area contributed by atoms with Crippen LogP contribution >= 0.6 is 0 Å². The highest BCUT2D eigenvalue weighted by atomic mass is 15.3. The normalized spacial score (nSPS) is 19.4. The van der Waals surface area contributed by atoms with Crippen molar-refractivity contribution in [2.24, 2.45) is 0 Å². The van der Waals surface area contributed by atoms with E-state index in [4.69, 9.17) is 10.1 Å². The summed E-state index contributed by atoms with van der Waals surface area (Å²) in [5, 5.41) is 15.5. The number of nitrogens with zero attached hydrogens (tertiary/aromatic N) is 5. The molecule has 2 aliphatic rings. The van der Waals surface area contributed by atoms with E-state index >= 15 is 0 Å². The lowest BCUT2D eigenvalue weighted by molar-refractivity contribution is 0.477. The standard InChI is InChI=1S/C24H19N5/c1-14-3-2-4-21(27-14)23-22(24-16-6-7-17(12-16)29(24)28-23)18-9-10-26-20-8-5-15(13-25)11-19(18)20/h2-5,8-11,16-17H,6-7,12H2,1H3. The molecule has 5 nitrogen and oxygen atoms in total. The van der Waals surface area contributed by atoms with Crippen LogP contribution in [0.3, 0.4) is 0 Å². The first kappa shape index (κ1) is 16.4. The number of hydrogen-bond acceptors (Lipinski definition) is 4. The summed E-state index contributed by atoms with van der Waals surface area (Å²) in [5.41, 5.74) is 7.96. The molecule has 3 aromatic heterocycles. The number of pyridine rings is 2. The minimum Gasteiger partial charge on any atom is -0.265 e. The molecule has 1 aliphatic carbocycles. The minimum absolute atomic E-state index is 0.495. The van der Waals surface area contributed by atoms with Crippen molar-refractivity contribution in [3.63, 3.8) is 0 Å². The van der Waals surface area contributed by atoms with Gasteiger partial charge in [-0.2, -0.15) is 10.4 Å². The Labute approximate surface area is 168 Å². The Hall–Kier alpha value is -3.52. The summed E-state index contributed by atoms with van der Waals surface area (Å²) in [7, 11) is 0. The maximum absolute atomic E-state index is 9.43. The average Bonchev–Trinajstić information content (AvgIpc) is 3.45. The number of rotatable bonds is 2. The Bertz CT molecular complexity index is 1330. The molecule has 2 atom stereocenters. The largest absolute Gasteiger partial charge is 0.265 e. The second kappa shape index (κ2) is 5.99. The third-order valence-corrected chi connectivity index (χ3v) is 6.36. The molecule has 2 unspecified atom stereocenters. The van der Waals surface area contributed by atoms with Gasteiger partial charge >= 0.3 is 0 Å². The minimum atomic E-state index is 0.495. The number of nitriles is 1. The molecular formula is C24H19N5. The zero-order valence-corrected chi connectivity index (χ0v) is 16.1. The number of hydrogen-bond donors (Lipinski definition) is 0. The highest BCUT2D eigenvalue weighted by Gasteiger charge is 2.42. The number of aromatic nitrogens is 4. The van der Waals surface area contributed by atoms with Crippen LogP contribution in [0, 0.1) is 18.3 Å². The molecule has 2 bridgehead atoms. The lowest BCUT2D eigenvalue weighted by Gasteiger charge is -2.15. The van der Waals surface area contributed by atoms with E-state index in [0.717, 1.165) is 39.1 Å². The van der Waals surface area contributed by atoms with Gasteiger partial charge in [0, 0.05) is 28.8 Å². The van der Waals surface area contributed by atoms with Crippen molar-refractivity contribution in [2.75, 3.05) is 0 Å². The van der Waals surface area contributed by atoms with Gasteiger partial charge in [-0.1, -0.05) is 6.07 Å². The van der Waals surface area contributed by atoms with Gasteiger partial charge < -0.3 is 0 Å². The molecule has 6 rings (SSSR count). The van der Waals surface area contributed by atoms with Crippen molar-refractivity contribution in [3.05, 3.63) is 65.6 Å². The molecule has 1 saturated carbocycles. The SMILES string of the molecule is Cc1cccc(-c2nn3c(c2-c2ccnc4ccc(C#N)cc24)C2CCC3C2)n1. The molecule has 0 amide bonds. The molecule has 1 aliphatic heterocycles. The van der Waals surface area contributed by atoms with Crippen LogP contribution in [0.1, 0.15) is 48.2 Å². The van der Waals surface area contributed by atoms with Gasteiger partial charge in [-0.25, -0.2) is 0 Å². The van der Waals surface area contributed by atoms with Crippen molar-refractivity contribution in [2.45, 2.75) is 38.1 Å². The zero-order chi connectivity index (χ0) is 19.5. The zero-order valence-electron chi connectivity index (χ0n) is 16.1. The molecule has 0 N–H and O–H groups in total. The summed E-state index contributed by atoms with van der Waals surface area (Å²) in [5.74, 6) is 0.545. The van der Waals surface area contributed by atoms with E-state index in [-0.39, 0.29) is 0 Å². The van der Waals surface area contributed by atoms with E-state index in [1.165, 1.54) is 25.0 Å². The molecule has 29 heavy (non-hydrogen) atoms. The van der Waals surface area contributed by atoms with Gasteiger partial charge in [-0.3, -0.25) is 14.6 Å². The summed E-state index contributed by atoms with van der Waals surface area (Å²) in [6.45, 7) is 2.01. The molecule has 5 heteroatoms.